The highest BCUT2D eigenvalue weighted by molar-refractivity contribution is 7.99. The predicted octanol–water partition coefficient (Wildman–Crippen LogP) is 4.50. The van der Waals surface area contributed by atoms with E-state index in [2.05, 4.69) is 37.4 Å². The highest BCUT2D eigenvalue weighted by Gasteiger charge is 2.10. The zero-order valence-electron chi connectivity index (χ0n) is 12.1. The normalized spacial score (nSPS) is 12.4. The van der Waals surface area contributed by atoms with E-state index in [1.165, 1.54) is 22.8 Å². The minimum atomic E-state index is -0.179. The molecule has 0 aromatic heterocycles. The van der Waals surface area contributed by atoms with Gasteiger partial charge in [-0.25, -0.2) is 4.39 Å². The molecule has 0 bridgehead atoms. The van der Waals surface area contributed by atoms with Gasteiger partial charge in [-0.05, 0) is 55.8 Å². The fourth-order valence-electron chi connectivity index (χ4n) is 2.06. The Hall–Kier alpha value is -1.32. The van der Waals surface area contributed by atoms with E-state index in [4.69, 9.17) is 0 Å². The Morgan fingerprint density at radius 3 is 2.55 bits per heavy atom. The molecule has 0 heterocycles. The van der Waals surface area contributed by atoms with Gasteiger partial charge in [0.1, 0.15) is 5.82 Å². The highest BCUT2D eigenvalue weighted by atomic mass is 32.2. The smallest absolute Gasteiger partial charge is 0.124 e. The number of hydrogen-bond acceptors (Lipinski definition) is 2. The van der Waals surface area contributed by atoms with Gasteiger partial charge in [-0.1, -0.05) is 24.3 Å². The average molecular weight is 289 g/mol. The van der Waals surface area contributed by atoms with Gasteiger partial charge in [0, 0.05) is 16.7 Å². The van der Waals surface area contributed by atoms with E-state index >= 15 is 0 Å². The van der Waals surface area contributed by atoms with Crippen molar-refractivity contribution in [3.05, 3.63) is 65.0 Å². The maximum atomic E-state index is 13.2. The predicted molar refractivity (Wildman–Crippen MR) is 84.8 cm³/mol. The zero-order valence-corrected chi connectivity index (χ0v) is 12.9. The van der Waals surface area contributed by atoms with Gasteiger partial charge < -0.3 is 5.32 Å². The van der Waals surface area contributed by atoms with Crippen molar-refractivity contribution in [1.29, 1.82) is 0 Å². The fourth-order valence-corrected chi connectivity index (χ4v) is 3.15. The van der Waals surface area contributed by atoms with E-state index in [0.29, 0.717) is 0 Å². The summed E-state index contributed by atoms with van der Waals surface area (Å²) in [5.41, 5.74) is 3.89. The summed E-state index contributed by atoms with van der Waals surface area (Å²) < 4.78 is 13.2. The molecule has 1 atom stereocenters. The first-order valence-corrected chi connectivity index (χ1v) is 7.71. The maximum Gasteiger partial charge on any atom is 0.124 e. The first-order chi connectivity index (χ1) is 9.60. The van der Waals surface area contributed by atoms with Gasteiger partial charge in [0.2, 0.25) is 0 Å². The molecule has 106 valence electrons. The van der Waals surface area contributed by atoms with Crippen LogP contribution in [0.15, 0.2) is 47.4 Å². The van der Waals surface area contributed by atoms with E-state index in [1.807, 2.05) is 13.1 Å². The summed E-state index contributed by atoms with van der Waals surface area (Å²) in [4.78, 5) is 0.967. The quantitative estimate of drug-likeness (QED) is 0.814. The Morgan fingerprint density at radius 1 is 1.10 bits per heavy atom. The number of nitrogens with one attached hydrogen (secondary N) is 1. The molecule has 0 amide bonds. The van der Waals surface area contributed by atoms with Crippen molar-refractivity contribution in [3.63, 3.8) is 0 Å². The van der Waals surface area contributed by atoms with Gasteiger partial charge in [-0.15, -0.1) is 11.8 Å². The van der Waals surface area contributed by atoms with Crippen LogP contribution >= 0.6 is 11.8 Å². The van der Waals surface area contributed by atoms with E-state index in [-0.39, 0.29) is 11.9 Å². The van der Waals surface area contributed by atoms with Crippen molar-refractivity contribution < 1.29 is 4.39 Å². The maximum absolute atomic E-state index is 13.2. The molecule has 0 aliphatic rings. The summed E-state index contributed by atoms with van der Waals surface area (Å²) in [6.07, 6.45) is 0. The van der Waals surface area contributed by atoms with Crippen molar-refractivity contribution in [3.8, 4) is 0 Å². The van der Waals surface area contributed by atoms with Crippen molar-refractivity contribution in [1.82, 2.24) is 5.32 Å². The number of thioether (sulfide) groups is 1. The van der Waals surface area contributed by atoms with Crippen LogP contribution in [0, 0.1) is 19.7 Å². The number of rotatable bonds is 5. The Labute approximate surface area is 124 Å². The summed E-state index contributed by atoms with van der Waals surface area (Å²) in [5, 5.41) is 3.34. The third-order valence-electron chi connectivity index (χ3n) is 3.49. The number of hydrogen-bond donors (Lipinski definition) is 1. The van der Waals surface area contributed by atoms with Crippen LogP contribution in [0.2, 0.25) is 0 Å². The first kappa shape index (κ1) is 15.1. The van der Waals surface area contributed by atoms with Gasteiger partial charge in [-0.2, -0.15) is 0 Å². The van der Waals surface area contributed by atoms with E-state index in [9.17, 15) is 4.39 Å². The van der Waals surface area contributed by atoms with Crippen LogP contribution in [0.1, 0.15) is 22.7 Å². The van der Waals surface area contributed by atoms with Crippen LogP contribution in [0.4, 0.5) is 4.39 Å². The monoisotopic (exact) mass is 289 g/mol. The molecule has 0 saturated carbocycles. The van der Waals surface area contributed by atoms with Crippen molar-refractivity contribution in [2.45, 2.75) is 24.8 Å². The van der Waals surface area contributed by atoms with Crippen LogP contribution in [0.5, 0.6) is 0 Å². The average Bonchev–Trinajstić information content (AvgIpc) is 2.43. The second-order valence-electron chi connectivity index (χ2n) is 4.95. The molecule has 0 aliphatic heterocycles. The number of aryl methyl sites for hydroxylation is 2. The number of benzene rings is 2. The molecule has 2 rings (SSSR count). The van der Waals surface area contributed by atoms with Gasteiger partial charge in [0.05, 0.1) is 0 Å². The van der Waals surface area contributed by atoms with Crippen molar-refractivity contribution in [2.75, 3.05) is 12.8 Å². The minimum absolute atomic E-state index is 0.179. The third kappa shape index (κ3) is 3.84. The van der Waals surface area contributed by atoms with Gasteiger partial charge in [-0.3, -0.25) is 0 Å². The van der Waals surface area contributed by atoms with Crippen LogP contribution in [0.25, 0.3) is 0 Å². The minimum Gasteiger partial charge on any atom is -0.312 e. The molecule has 0 saturated heterocycles. The Balaban J connectivity index is 2.07. The molecule has 0 aliphatic carbocycles. The lowest BCUT2D eigenvalue weighted by atomic mass is 10.0. The standard InChI is InChI=1S/C17H20FNS/c1-12-7-8-14(9-13(12)2)17(19-3)11-20-16-6-4-5-15(18)10-16/h4-10,17,19H,11H2,1-3H3. The summed E-state index contributed by atoms with van der Waals surface area (Å²) in [7, 11) is 1.96. The molecule has 1 nitrogen and oxygen atoms in total. The van der Waals surface area contributed by atoms with Crippen LogP contribution in [-0.2, 0) is 0 Å². The Morgan fingerprint density at radius 2 is 1.90 bits per heavy atom. The molecule has 0 fully saturated rings. The van der Waals surface area contributed by atoms with Gasteiger partial charge in [0.15, 0.2) is 0 Å². The Kier molecular flexibility index (Phi) is 5.21. The molecule has 1 N–H and O–H groups in total. The van der Waals surface area contributed by atoms with Gasteiger partial charge >= 0.3 is 0 Å². The molecular formula is C17H20FNS. The first-order valence-electron chi connectivity index (χ1n) is 6.73. The molecule has 0 spiro atoms. The summed E-state index contributed by atoms with van der Waals surface area (Å²) in [5.74, 6) is 0.699. The van der Waals surface area contributed by atoms with Crippen LogP contribution in [-0.4, -0.2) is 12.8 Å². The largest absolute Gasteiger partial charge is 0.312 e. The van der Waals surface area contributed by atoms with Crippen molar-refractivity contribution in [2.24, 2.45) is 0 Å². The number of halogens is 1. The van der Waals surface area contributed by atoms with E-state index < -0.39 is 0 Å². The zero-order chi connectivity index (χ0) is 14.5. The molecule has 2 aromatic rings. The lowest BCUT2D eigenvalue weighted by molar-refractivity contribution is 0.624. The van der Waals surface area contributed by atoms with Crippen LogP contribution < -0.4 is 5.32 Å². The fraction of sp³-hybridized carbons (Fsp3) is 0.294. The second kappa shape index (κ2) is 6.91. The molecule has 0 radical (unpaired) electrons. The van der Waals surface area contributed by atoms with Crippen LogP contribution in [0.3, 0.4) is 0 Å². The van der Waals surface area contributed by atoms with Gasteiger partial charge in [0.25, 0.3) is 0 Å². The third-order valence-corrected chi connectivity index (χ3v) is 4.58. The molecule has 2 aromatic carbocycles. The molecule has 1 unspecified atom stereocenters. The summed E-state index contributed by atoms with van der Waals surface area (Å²) in [6, 6.07) is 13.6. The molecule has 20 heavy (non-hydrogen) atoms. The molecular weight excluding hydrogens is 269 g/mol. The van der Waals surface area contributed by atoms with E-state index in [1.54, 1.807) is 23.9 Å². The SMILES string of the molecule is CNC(CSc1cccc(F)c1)c1ccc(C)c(C)c1. The van der Waals surface area contributed by atoms with Crippen molar-refractivity contribution >= 4 is 11.8 Å². The highest BCUT2D eigenvalue weighted by Crippen LogP contribution is 2.26. The second-order valence-corrected chi connectivity index (χ2v) is 6.05. The molecule has 3 heteroatoms. The summed E-state index contributed by atoms with van der Waals surface area (Å²) in [6.45, 7) is 4.25. The lowest BCUT2D eigenvalue weighted by Crippen LogP contribution is -2.18. The topological polar surface area (TPSA) is 12.0 Å². The van der Waals surface area contributed by atoms with E-state index in [0.717, 1.165) is 10.6 Å². The lowest BCUT2D eigenvalue weighted by Gasteiger charge is -2.17. The summed E-state index contributed by atoms with van der Waals surface area (Å²) >= 11 is 1.67. The Bertz CT molecular complexity index is 583.